The van der Waals surface area contributed by atoms with Gasteiger partial charge in [-0.15, -0.1) is 0 Å². The molecule has 0 aliphatic carbocycles. The van der Waals surface area contributed by atoms with Crippen LogP contribution in [0.4, 0.5) is 11.5 Å². The number of aromatic nitrogens is 2. The summed E-state index contributed by atoms with van der Waals surface area (Å²) in [5, 5.41) is 0. The standard InChI is InChI=1S/C20H26N4O6/c1-3-4-9-24-17(21)16(18(25)22-20(24)27)23(10-11-28-2)19(26)15-12-29-13-7-5-6-8-14(13)30-15/h5-8,15H,3-4,9-12,21H2,1-2H3,(H,22,25,27)/t15-/m0/s1. The number of nitrogens with zero attached hydrogens (tertiary/aromatic N) is 2. The van der Waals surface area contributed by atoms with Crippen LogP contribution >= 0.6 is 0 Å². The van der Waals surface area contributed by atoms with E-state index in [0.717, 1.165) is 6.42 Å². The lowest BCUT2D eigenvalue weighted by Gasteiger charge is -2.31. The predicted molar refractivity (Wildman–Crippen MR) is 111 cm³/mol. The molecule has 162 valence electrons. The van der Waals surface area contributed by atoms with Gasteiger partial charge in [-0.05, 0) is 18.6 Å². The van der Waals surface area contributed by atoms with Gasteiger partial charge in [0.1, 0.15) is 12.4 Å². The molecule has 2 aromatic rings. The summed E-state index contributed by atoms with van der Waals surface area (Å²) < 4.78 is 17.8. The Morgan fingerprint density at radius 1 is 1.33 bits per heavy atom. The molecule has 1 atom stereocenters. The quantitative estimate of drug-likeness (QED) is 0.647. The number of fused-ring (bicyclic) bond motifs is 1. The average Bonchev–Trinajstić information content (AvgIpc) is 2.75. The highest BCUT2D eigenvalue weighted by Gasteiger charge is 2.34. The molecule has 0 fully saturated rings. The molecule has 0 saturated carbocycles. The number of amides is 1. The third-order valence-electron chi connectivity index (χ3n) is 4.79. The molecule has 3 N–H and O–H groups in total. The molecule has 1 aliphatic rings. The van der Waals surface area contributed by atoms with Crippen LogP contribution in [0.15, 0.2) is 33.9 Å². The maximum absolute atomic E-state index is 13.3. The Balaban J connectivity index is 1.98. The topological polar surface area (TPSA) is 129 Å². The monoisotopic (exact) mass is 418 g/mol. The van der Waals surface area contributed by atoms with E-state index in [-0.39, 0.29) is 31.3 Å². The molecule has 0 radical (unpaired) electrons. The summed E-state index contributed by atoms with van der Waals surface area (Å²) in [4.78, 5) is 41.6. The number of hydrogen-bond acceptors (Lipinski definition) is 7. The largest absolute Gasteiger partial charge is 0.485 e. The summed E-state index contributed by atoms with van der Waals surface area (Å²) >= 11 is 0. The number of unbranched alkanes of at least 4 members (excludes halogenated alkanes) is 1. The van der Waals surface area contributed by atoms with Crippen LogP contribution < -0.4 is 31.4 Å². The van der Waals surface area contributed by atoms with Crippen LogP contribution in [0.1, 0.15) is 19.8 Å². The molecule has 0 unspecified atom stereocenters. The van der Waals surface area contributed by atoms with Crippen molar-refractivity contribution in [1.29, 1.82) is 0 Å². The van der Waals surface area contributed by atoms with Crippen LogP contribution in [0, 0.1) is 0 Å². The minimum absolute atomic E-state index is 0.0212. The number of methoxy groups -OCH3 is 1. The molecule has 10 heteroatoms. The summed E-state index contributed by atoms with van der Waals surface area (Å²) in [5.74, 6) is 0.386. The highest BCUT2D eigenvalue weighted by Crippen LogP contribution is 2.31. The third kappa shape index (κ3) is 4.33. The fourth-order valence-electron chi connectivity index (χ4n) is 3.21. The van der Waals surface area contributed by atoms with Gasteiger partial charge in [-0.3, -0.25) is 24.0 Å². The van der Waals surface area contributed by atoms with Gasteiger partial charge in [0.15, 0.2) is 17.2 Å². The minimum atomic E-state index is -0.980. The number of carbonyl (C=O) groups is 1. The Morgan fingerprint density at radius 3 is 2.77 bits per heavy atom. The van der Waals surface area contributed by atoms with Crippen LogP contribution in [0.3, 0.4) is 0 Å². The van der Waals surface area contributed by atoms with Crippen molar-refractivity contribution in [2.24, 2.45) is 0 Å². The first kappa shape index (κ1) is 21.4. The van der Waals surface area contributed by atoms with E-state index < -0.39 is 23.3 Å². The molecule has 0 spiro atoms. The molecular formula is C20H26N4O6. The Hall–Kier alpha value is -3.27. The van der Waals surface area contributed by atoms with Crippen molar-refractivity contribution in [1.82, 2.24) is 9.55 Å². The number of hydrogen-bond donors (Lipinski definition) is 2. The van der Waals surface area contributed by atoms with E-state index in [2.05, 4.69) is 4.98 Å². The lowest BCUT2D eigenvalue weighted by molar-refractivity contribution is -0.127. The van der Waals surface area contributed by atoms with Crippen molar-refractivity contribution in [3.8, 4) is 11.5 Å². The van der Waals surface area contributed by atoms with Crippen molar-refractivity contribution in [3.05, 3.63) is 45.1 Å². The second-order valence-electron chi connectivity index (χ2n) is 6.85. The molecule has 10 nitrogen and oxygen atoms in total. The second kappa shape index (κ2) is 9.49. The number of ether oxygens (including phenoxy) is 3. The molecule has 1 amide bonds. The lowest BCUT2D eigenvalue weighted by Crippen LogP contribution is -2.50. The van der Waals surface area contributed by atoms with Crippen molar-refractivity contribution < 1.29 is 19.0 Å². The zero-order valence-electron chi connectivity index (χ0n) is 17.1. The number of anilines is 2. The number of carbonyl (C=O) groups excluding carboxylic acids is 1. The van der Waals surface area contributed by atoms with Gasteiger partial charge in [-0.2, -0.15) is 0 Å². The van der Waals surface area contributed by atoms with E-state index in [9.17, 15) is 14.4 Å². The van der Waals surface area contributed by atoms with E-state index in [1.807, 2.05) is 6.92 Å². The first-order chi connectivity index (χ1) is 14.5. The van der Waals surface area contributed by atoms with E-state index in [4.69, 9.17) is 19.9 Å². The van der Waals surface area contributed by atoms with Crippen LogP contribution in [0.5, 0.6) is 11.5 Å². The van der Waals surface area contributed by atoms with Gasteiger partial charge < -0.3 is 19.9 Å². The summed E-state index contributed by atoms with van der Waals surface area (Å²) in [6, 6.07) is 7.00. The number of rotatable bonds is 8. The smallest absolute Gasteiger partial charge is 0.330 e. The number of nitrogens with two attached hydrogens (primary N) is 1. The van der Waals surface area contributed by atoms with Gasteiger partial charge in [-0.25, -0.2) is 4.79 Å². The maximum atomic E-state index is 13.3. The third-order valence-corrected chi connectivity index (χ3v) is 4.79. The molecule has 0 saturated heterocycles. The van der Waals surface area contributed by atoms with Gasteiger partial charge in [0.2, 0.25) is 6.10 Å². The highest BCUT2D eigenvalue weighted by molar-refractivity contribution is 5.99. The Bertz CT molecular complexity index is 1020. The summed E-state index contributed by atoms with van der Waals surface area (Å²) in [7, 11) is 1.48. The van der Waals surface area contributed by atoms with E-state index in [1.165, 1.54) is 16.6 Å². The van der Waals surface area contributed by atoms with Crippen molar-refractivity contribution >= 4 is 17.4 Å². The highest BCUT2D eigenvalue weighted by atomic mass is 16.6. The molecule has 0 bridgehead atoms. The first-order valence-electron chi connectivity index (χ1n) is 9.79. The molecule has 1 aromatic heterocycles. The van der Waals surface area contributed by atoms with Crippen LogP contribution in [0.2, 0.25) is 0 Å². The fraction of sp³-hybridized carbons (Fsp3) is 0.450. The second-order valence-corrected chi connectivity index (χ2v) is 6.85. The summed E-state index contributed by atoms with van der Waals surface area (Å²) in [5.41, 5.74) is 4.72. The van der Waals surface area contributed by atoms with Gasteiger partial charge in [-0.1, -0.05) is 25.5 Å². The van der Waals surface area contributed by atoms with E-state index >= 15 is 0 Å². The van der Waals surface area contributed by atoms with Crippen LogP contribution in [-0.4, -0.2) is 48.4 Å². The molecule has 1 aromatic carbocycles. The summed E-state index contributed by atoms with van der Waals surface area (Å²) in [6.45, 7) is 2.49. The number of nitrogen functional groups attached to an aromatic ring is 1. The minimum Gasteiger partial charge on any atom is -0.485 e. The normalized spacial score (nSPS) is 15.1. The van der Waals surface area contributed by atoms with E-state index in [1.54, 1.807) is 24.3 Å². The Kier molecular flexibility index (Phi) is 6.78. The Morgan fingerprint density at radius 2 is 2.07 bits per heavy atom. The van der Waals surface area contributed by atoms with Gasteiger partial charge in [0, 0.05) is 20.2 Å². The SMILES string of the molecule is CCCCn1c(N)c(N(CCOC)C(=O)[C@@H]2COc3ccccc3O2)c(=O)[nH]c1=O. The number of para-hydroxylation sites is 2. The Labute approximate surface area is 173 Å². The molecule has 1 aliphatic heterocycles. The molecule has 2 heterocycles. The lowest BCUT2D eigenvalue weighted by atomic mass is 10.2. The number of aromatic amines is 1. The van der Waals surface area contributed by atoms with Gasteiger partial charge in [0.05, 0.1) is 6.61 Å². The fourth-order valence-corrected chi connectivity index (χ4v) is 3.21. The van der Waals surface area contributed by atoms with E-state index in [0.29, 0.717) is 24.5 Å². The van der Waals surface area contributed by atoms with Crippen LogP contribution in [-0.2, 0) is 16.1 Å². The molecule has 3 rings (SSSR count). The van der Waals surface area contributed by atoms with Crippen LogP contribution in [0.25, 0.3) is 0 Å². The number of benzene rings is 1. The maximum Gasteiger partial charge on any atom is 0.330 e. The first-order valence-corrected chi connectivity index (χ1v) is 9.79. The predicted octanol–water partition coefficient (Wildman–Crippen LogP) is 0.738. The molecule has 30 heavy (non-hydrogen) atoms. The van der Waals surface area contributed by atoms with Crippen molar-refractivity contribution in [2.75, 3.05) is 37.5 Å². The van der Waals surface area contributed by atoms with Crippen molar-refractivity contribution in [3.63, 3.8) is 0 Å². The zero-order valence-corrected chi connectivity index (χ0v) is 17.1. The summed E-state index contributed by atoms with van der Waals surface area (Å²) in [6.07, 6.45) is 0.545. The van der Waals surface area contributed by atoms with Gasteiger partial charge >= 0.3 is 5.69 Å². The van der Waals surface area contributed by atoms with Crippen molar-refractivity contribution in [2.45, 2.75) is 32.4 Å². The van der Waals surface area contributed by atoms with Gasteiger partial charge in [0.25, 0.3) is 11.5 Å². The molecular weight excluding hydrogens is 392 g/mol. The number of nitrogens with one attached hydrogen (secondary N) is 1. The number of H-pyrrole nitrogens is 1. The average molecular weight is 418 g/mol. The zero-order chi connectivity index (χ0) is 21.7.